The Morgan fingerprint density at radius 2 is 2.24 bits per heavy atom. The van der Waals surface area contributed by atoms with Crippen LogP contribution in [-0.2, 0) is 18.6 Å². The van der Waals surface area contributed by atoms with Crippen LogP contribution in [0.2, 0.25) is 0 Å². The van der Waals surface area contributed by atoms with E-state index < -0.39 is 0 Å². The molecule has 112 valence electrons. The van der Waals surface area contributed by atoms with E-state index in [1.165, 1.54) is 28.7 Å². The molecule has 2 heterocycles. The van der Waals surface area contributed by atoms with E-state index >= 15 is 0 Å². The highest BCUT2D eigenvalue weighted by Gasteiger charge is 2.19. The predicted molar refractivity (Wildman–Crippen MR) is 90.7 cm³/mol. The zero-order valence-electron chi connectivity index (χ0n) is 12.2. The largest absolute Gasteiger partial charge is 0.309 e. The van der Waals surface area contributed by atoms with E-state index in [2.05, 4.69) is 18.3 Å². The molecule has 1 unspecified atom stereocenters. The van der Waals surface area contributed by atoms with E-state index in [9.17, 15) is 4.39 Å². The first kappa shape index (κ1) is 15.1. The average molecular weight is 321 g/mol. The Kier molecular flexibility index (Phi) is 4.99. The molecular weight excluding hydrogens is 301 g/mol. The third kappa shape index (κ3) is 3.68. The summed E-state index contributed by atoms with van der Waals surface area (Å²) in [4.78, 5) is 2.94. The minimum absolute atomic E-state index is 0.148. The molecule has 0 saturated carbocycles. The Bertz CT molecular complexity index is 585. The number of thiophene rings is 1. The molecule has 0 bridgehead atoms. The summed E-state index contributed by atoms with van der Waals surface area (Å²) in [6, 6.07) is 9.61. The highest BCUT2D eigenvalue weighted by atomic mass is 32.2. The Hall–Kier alpha value is -0.840. The van der Waals surface area contributed by atoms with Crippen molar-refractivity contribution in [3.05, 3.63) is 57.0 Å². The molecule has 0 radical (unpaired) electrons. The highest BCUT2D eigenvalue weighted by molar-refractivity contribution is 7.98. The molecule has 0 saturated heterocycles. The van der Waals surface area contributed by atoms with Crippen LogP contribution < -0.4 is 5.32 Å². The third-order valence-electron chi connectivity index (χ3n) is 3.77. The second kappa shape index (κ2) is 6.95. The first-order valence-corrected chi connectivity index (χ1v) is 9.40. The van der Waals surface area contributed by atoms with Gasteiger partial charge in [-0.05, 0) is 54.5 Å². The summed E-state index contributed by atoms with van der Waals surface area (Å²) in [5.74, 6) is 2.23. The quantitative estimate of drug-likeness (QED) is 0.866. The molecule has 1 atom stereocenters. The van der Waals surface area contributed by atoms with Crippen LogP contribution in [0.5, 0.6) is 0 Å². The zero-order valence-corrected chi connectivity index (χ0v) is 13.8. The Morgan fingerprint density at radius 1 is 1.33 bits per heavy atom. The molecule has 0 amide bonds. The van der Waals surface area contributed by atoms with Crippen molar-refractivity contribution in [2.75, 3.05) is 12.3 Å². The summed E-state index contributed by atoms with van der Waals surface area (Å²) in [7, 11) is 0. The maximum absolute atomic E-state index is 13.4. The molecule has 1 nitrogen and oxygen atoms in total. The van der Waals surface area contributed by atoms with Gasteiger partial charge in [0.1, 0.15) is 5.82 Å². The summed E-state index contributed by atoms with van der Waals surface area (Å²) < 4.78 is 13.4. The van der Waals surface area contributed by atoms with Crippen molar-refractivity contribution in [2.45, 2.75) is 31.6 Å². The molecule has 1 N–H and O–H groups in total. The van der Waals surface area contributed by atoms with Crippen molar-refractivity contribution in [3.63, 3.8) is 0 Å². The fourth-order valence-electron chi connectivity index (χ4n) is 2.76. The van der Waals surface area contributed by atoms with E-state index in [4.69, 9.17) is 0 Å². The molecule has 1 aliphatic heterocycles. The van der Waals surface area contributed by atoms with Crippen LogP contribution in [0.1, 0.15) is 33.8 Å². The maximum Gasteiger partial charge on any atom is 0.123 e. The predicted octanol–water partition coefficient (Wildman–Crippen LogP) is 4.57. The van der Waals surface area contributed by atoms with Crippen molar-refractivity contribution in [1.29, 1.82) is 0 Å². The van der Waals surface area contributed by atoms with Gasteiger partial charge < -0.3 is 5.32 Å². The first-order valence-electron chi connectivity index (χ1n) is 7.43. The standard InChI is InChI=1S/C17H20FNS2/c1-2-19-15(9-12-4-3-5-14(18)8-12)17-10-13-11-20-7-6-16(13)21-17/h3-5,8,10,15,19H,2,6-7,9,11H2,1H3. The van der Waals surface area contributed by atoms with E-state index in [0.29, 0.717) is 0 Å². The number of hydrogen-bond acceptors (Lipinski definition) is 3. The van der Waals surface area contributed by atoms with Gasteiger partial charge in [0, 0.05) is 21.5 Å². The van der Waals surface area contributed by atoms with Crippen LogP contribution >= 0.6 is 23.1 Å². The van der Waals surface area contributed by atoms with Gasteiger partial charge in [0.2, 0.25) is 0 Å². The number of thioether (sulfide) groups is 1. The minimum Gasteiger partial charge on any atom is -0.309 e. The summed E-state index contributed by atoms with van der Waals surface area (Å²) >= 11 is 3.96. The SMILES string of the molecule is CCNC(Cc1cccc(F)c1)c1cc2c(s1)CCSC2. The Labute approximate surface area is 134 Å². The molecule has 21 heavy (non-hydrogen) atoms. The smallest absolute Gasteiger partial charge is 0.123 e. The van der Waals surface area contributed by atoms with E-state index in [1.54, 1.807) is 17.0 Å². The lowest BCUT2D eigenvalue weighted by atomic mass is 10.0. The van der Waals surface area contributed by atoms with E-state index in [-0.39, 0.29) is 11.9 Å². The first-order chi connectivity index (χ1) is 10.3. The van der Waals surface area contributed by atoms with Gasteiger partial charge in [0.05, 0.1) is 0 Å². The summed E-state index contributed by atoms with van der Waals surface area (Å²) in [5, 5.41) is 3.56. The van der Waals surface area contributed by atoms with Gasteiger partial charge in [-0.2, -0.15) is 11.8 Å². The second-order valence-electron chi connectivity index (χ2n) is 5.34. The van der Waals surface area contributed by atoms with Gasteiger partial charge in [-0.1, -0.05) is 19.1 Å². The van der Waals surface area contributed by atoms with E-state index in [0.717, 1.165) is 24.3 Å². The fraction of sp³-hybridized carbons (Fsp3) is 0.412. The Balaban J connectivity index is 1.82. The number of benzene rings is 1. The normalized spacial score (nSPS) is 15.7. The third-order valence-corrected chi connectivity index (χ3v) is 6.13. The molecule has 0 fully saturated rings. The van der Waals surface area contributed by atoms with Gasteiger partial charge in [0.25, 0.3) is 0 Å². The number of fused-ring (bicyclic) bond motifs is 1. The second-order valence-corrected chi connectivity index (χ2v) is 7.62. The molecule has 0 spiro atoms. The lowest BCUT2D eigenvalue weighted by molar-refractivity contribution is 0.554. The van der Waals surface area contributed by atoms with Gasteiger partial charge >= 0.3 is 0 Å². The molecule has 1 aromatic carbocycles. The molecule has 1 aromatic heterocycles. The van der Waals surface area contributed by atoms with Crippen LogP contribution in [0.15, 0.2) is 30.3 Å². The molecule has 0 aliphatic carbocycles. The lowest BCUT2D eigenvalue weighted by Gasteiger charge is -2.16. The van der Waals surface area contributed by atoms with Crippen LogP contribution in [-0.4, -0.2) is 12.3 Å². The number of nitrogens with one attached hydrogen (secondary N) is 1. The van der Waals surface area contributed by atoms with Crippen molar-refractivity contribution in [1.82, 2.24) is 5.32 Å². The zero-order chi connectivity index (χ0) is 14.7. The van der Waals surface area contributed by atoms with Crippen molar-refractivity contribution < 1.29 is 4.39 Å². The van der Waals surface area contributed by atoms with Crippen LogP contribution in [0.25, 0.3) is 0 Å². The molecule has 1 aliphatic rings. The average Bonchev–Trinajstić information content (AvgIpc) is 2.91. The van der Waals surface area contributed by atoms with Gasteiger partial charge in [-0.25, -0.2) is 4.39 Å². The van der Waals surface area contributed by atoms with Gasteiger partial charge in [0.15, 0.2) is 0 Å². The minimum atomic E-state index is -0.148. The van der Waals surface area contributed by atoms with Crippen molar-refractivity contribution in [2.24, 2.45) is 0 Å². The van der Waals surface area contributed by atoms with Crippen molar-refractivity contribution >= 4 is 23.1 Å². The number of rotatable bonds is 5. The molecular formula is C17H20FNS2. The molecule has 2 aromatic rings. The van der Waals surface area contributed by atoms with Crippen molar-refractivity contribution in [3.8, 4) is 0 Å². The number of likely N-dealkylation sites (N-methyl/N-ethyl adjacent to an activating group) is 1. The number of hydrogen-bond donors (Lipinski definition) is 1. The summed E-state index contributed by atoms with van der Waals surface area (Å²) in [6.45, 7) is 3.05. The highest BCUT2D eigenvalue weighted by Crippen LogP contribution is 2.35. The summed E-state index contributed by atoms with van der Waals surface area (Å²) in [5.41, 5.74) is 2.56. The maximum atomic E-state index is 13.4. The topological polar surface area (TPSA) is 12.0 Å². The molecule has 4 heteroatoms. The Morgan fingerprint density at radius 3 is 3.00 bits per heavy atom. The van der Waals surface area contributed by atoms with Crippen LogP contribution in [0, 0.1) is 5.82 Å². The molecule has 3 rings (SSSR count). The van der Waals surface area contributed by atoms with Crippen LogP contribution in [0.4, 0.5) is 4.39 Å². The number of halogens is 1. The van der Waals surface area contributed by atoms with Crippen LogP contribution in [0.3, 0.4) is 0 Å². The monoisotopic (exact) mass is 321 g/mol. The fourth-order valence-corrected chi connectivity index (χ4v) is 5.21. The lowest BCUT2D eigenvalue weighted by Crippen LogP contribution is -2.22. The van der Waals surface area contributed by atoms with Gasteiger partial charge in [-0.3, -0.25) is 0 Å². The summed E-state index contributed by atoms with van der Waals surface area (Å²) in [6.07, 6.45) is 2.04. The number of aryl methyl sites for hydroxylation is 1. The van der Waals surface area contributed by atoms with E-state index in [1.807, 2.05) is 29.2 Å². The van der Waals surface area contributed by atoms with Gasteiger partial charge in [-0.15, -0.1) is 11.3 Å².